The lowest BCUT2D eigenvalue weighted by atomic mass is 10.1. The second kappa shape index (κ2) is 6.42. The Balaban J connectivity index is 1.71. The van der Waals surface area contributed by atoms with E-state index in [0.29, 0.717) is 17.2 Å². The van der Waals surface area contributed by atoms with Crippen molar-refractivity contribution >= 4 is 28.8 Å². The van der Waals surface area contributed by atoms with Crippen LogP contribution in [0.3, 0.4) is 0 Å². The van der Waals surface area contributed by atoms with Gasteiger partial charge in [-0.3, -0.25) is 9.59 Å². The highest BCUT2D eigenvalue weighted by atomic mass is 32.1. The van der Waals surface area contributed by atoms with Crippen molar-refractivity contribution in [1.82, 2.24) is 5.32 Å². The van der Waals surface area contributed by atoms with E-state index in [1.54, 1.807) is 11.0 Å². The summed E-state index contributed by atoms with van der Waals surface area (Å²) in [5.74, 6) is 0.343. The quantitative estimate of drug-likeness (QED) is 0.941. The Morgan fingerprint density at radius 1 is 1.39 bits per heavy atom. The van der Waals surface area contributed by atoms with Gasteiger partial charge in [0.05, 0.1) is 23.7 Å². The zero-order valence-corrected chi connectivity index (χ0v) is 13.9. The zero-order valence-electron chi connectivity index (χ0n) is 13.0. The lowest BCUT2D eigenvalue weighted by molar-refractivity contribution is -0.118. The van der Waals surface area contributed by atoms with Gasteiger partial charge in [0.1, 0.15) is 11.9 Å². The molecule has 0 radical (unpaired) electrons. The van der Waals surface area contributed by atoms with E-state index in [4.69, 9.17) is 4.74 Å². The van der Waals surface area contributed by atoms with Gasteiger partial charge in [-0.05, 0) is 43.0 Å². The largest absolute Gasteiger partial charge is 0.487 e. The molecular weight excluding hydrogens is 312 g/mol. The first-order chi connectivity index (χ1) is 11.0. The molecule has 1 aromatic heterocycles. The molecule has 23 heavy (non-hydrogen) atoms. The van der Waals surface area contributed by atoms with Gasteiger partial charge < -0.3 is 15.0 Å². The van der Waals surface area contributed by atoms with E-state index in [1.807, 2.05) is 43.5 Å². The van der Waals surface area contributed by atoms with Crippen LogP contribution >= 0.6 is 11.3 Å². The predicted octanol–water partition coefficient (Wildman–Crippen LogP) is 2.60. The topological polar surface area (TPSA) is 58.6 Å². The van der Waals surface area contributed by atoms with Crippen molar-refractivity contribution in [3.8, 4) is 5.75 Å². The van der Waals surface area contributed by atoms with Crippen molar-refractivity contribution in [2.75, 3.05) is 18.0 Å². The van der Waals surface area contributed by atoms with Crippen LogP contribution in [0.2, 0.25) is 0 Å². The highest BCUT2D eigenvalue weighted by Crippen LogP contribution is 2.34. The standard InChI is InChI=1S/C17H18N2O3S/c1-11-5-6-13-14(8-11)22-12(2)10-19(13)16(20)9-18-17(21)15-4-3-7-23-15/h3-8,12H,9-10H2,1-2H3,(H,18,21). The van der Waals surface area contributed by atoms with Crippen molar-refractivity contribution in [3.05, 3.63) is 46.2 Å². The van der Waals surface area contributed by atoms with Crippen LogP contribution in [0.4, 0.5) is 5.69 Å². The molecule has 1 unspecified atom stereocenters. The van der Waals surface area contributed by atoms with E-state index >= 15 is 0 Å². The summed E-state index contributed by atoms with van der Waals surface area (Å²) in [5.41, 5.74) is 1.83. The normalized spacial score (nSPS) is 16.4. The number of benzene rings is 1. The molecule has 3 rings (SSSR count). The second-order valence-electron chi connectivity index (χ2n) is 5.56. The summed E-state index contributed by atoms with van der Waals surface area (Å²) >= 11 is 1.35. The van der Waals surface area contributed by atoms with Gasteiger partial charge in [0.2, 0.25) is 5.91 Å². The van der Waals surface area contributed by atoms with Crippen LogP contribution in [0.5, 0.6) is 5.75 Å². The maximum Gasteiger partial charge on any atom is 0.261 e. The number of hydrogen-bond acceptors (Lipinski definition) is 4. The molecular formula is C17H18N2O3S. The molecule has 0 aliphatic carbocycles. The third-order valence-electron chi connectivity index (χ3n) is 3.62. The fourth-order valence-electron chi connectivity index (χ4n) is 2.53. The van der Waals surface area contributed by atoms with Gasteiger partial charge in [0.15, 0.2) is 0 Å². The summed E-state index contributed by atoms with van der Waals surface area (Å²) in [6, 6.07) is 9.30. The number of carbonyl (C=O) groups is 2. The number of anilines is 1. The lowest BCUT2D eigenvalue weighted by Gasteiger charge is -2.33. The molecule has 2 aromatic rings. The SMILES string of the molecule is Cc1ccc2c(c1)OC(C)CN2C(=O)CNC(=O)c1cccs1. The Morgan fingerprint density at radius 2 is 2.22 bits per heavy atom. The summed E-state index contributed by atoms with van der Waals surface area (Å²) in [4.78, 5) is 26.8. The average molecular weight is 330 g/mol. The van der Waals surface area contributed by atoms with Crippen molar-refractivity contribution < 1.29 is 14.3 Å². The molecule has 1 aliphatic rings. The van der Waals surface area contributed by atoms with Crippen LogP contribution in [0.15, 0.2) is 35.7 Å². The van der Waals surface area contributed by atoms with Gasteiger partial charge in [-0.1, -0.05) is 12.1 Å². The van der Waals surface area contributed by atoms with Crippen molar-refractivity contribution in [3.63, 3.8) is 0 Å². The first-order valence-corrected chi connectivity index (χ1v) is 8.32. The number of aryl methyl sites for hydroxylation is 1. The number of rotatable bonds is 3. The molecule has 1 N–H and O–H groups in total. The number of carbonyl (C=O) groups excluding carboxylic acids is 2. The molecule has 1 atom stereocenters. The molecule has 1 aliphatic heterocycles. The molecule has 120 valence electrons. The summed E-state index contributed by atoms with van der Waals surface area (Å²) in [5, 5.41) is 4.51. The molecule has 0 saturated heterocycles. The number of ether oxygens (including phenoxy) is 1. The Bertz CT molecular complexity index is 727. The average Bonchev–Trinajstić information content (AvgIpc) is 3.05. The van der Waals surface area contributed by atoms with Gasteiger partial charge >= 0.3 is 0 Å². The third kappa shape index (κ3) is 3.37. The number of amides is 2. The Hall–Kier alpha value is -2.34. The van der Waals surface area contributed by atoms with Crippen LogP contribution in [0, 0.1) is 6.92 Å². The van der Waals surface area contributed by atoms with E-state index in [9.17, 15) is 9.59 Å². The number of hydrogen-bond donors (Lipinski definition) is 1. The monoisotopic (exact) mass is 330 g/mol. The minimum absolute atomic E-state index is 0.0310. The summed E-state index contributed by atoms with van der Waals surface area (Å²) in [6.45, 7) is 4.35. The van der Waals surface area contributed by atoms with E-state index in [1.165, 1.54) is 11.3 Å². The maximum atomic E-state index is 12.5. The molecule has 2 amide bonds. The number of fused-ring (bicyclic) bond motifs is 1. The van der Waals surface area contributed by atoms with E-state index in [-0.39, 0.29) is 24.5 Å². The van der Waals surface area contributed by atoms with Crippen LogP contribution < -0.4 is 15.0 Å². The smallest absolute Gasteiger partial charge is 0.261 e. The lowest BCUT2D eigenvalue weighted by Crippen LogP contribution is -2.46. The molecule has 2 heterocycles. The molecule has 0 bridgehead atoms. The van der Waals surface area contributed by atoms with Crippen molar-refractivity contribution in [2.24, 2.45) is 0 Å². The molecule has 6 heteroatoms. The number of thiophene rings is 1. The van der Waals surface area contributed by atoms with Crippen molar-refractivity contribution in [2.45, 2.75) is 20.0 Å². The Morgan fingerprint density at radius 3 is 2.96 bits per heavy atom. The fraction of sp³-hybridized carbons (Fsp3) is 0.294. The van der Waals surface area contributed by atoms with Gasteiger partial charge in [-0.15, -0.1) is 11.3 Å². The van der Waals surface area contributed by atoms with E-state index in [0.717, 1.165) is 11.3 Å². The van der Waals surface area contributed by atoms with Crippen molar-refractivity contribution in [1.29, 1.82) is 0 Å². The highest BCUT2D eigenvalue weighted by Gasteiger charge is 2.27. The zero-order chi connectivity index (χ0) is 16.4. The van der Waals surface area contributed by atoms with Gasteiger partial charge in [0.25, 0.3) is 5.91 Å². The molecule has 0 saturated carbocycles. The Labute approximate surface area is 138 Å². The summed E-state index contributed by atoms with van der Waals surface area (Å²) in [7, 11) is 0. The number of nitrogens with one attached hydrogen (secondary N) is 1. The van der Waals surface area contributed by atoms with Crippen LogP contribution in [0.1, 0.15) is 22.2 Å². The Kier molecular flexibility index (Phi) is 4.34. The molecule has 0 fully saturated rings. The molecule has 0 spiro atoms. The molecule has 5 nitrogen and oxygen atoms in total. The fourth-order valence-corrected chi connectivity index (χ4v) is 3.17. The summed E-state index contributed by atoms with van der Waals surface area (Å²) in [6.07, 6.45) is -0.0822. The van der Waals surface area contributed by atoms with Crippen LogP contribution in [0.25, 0.3) is 0 Å². The van der Waals surface area contributed by atoms with Crippen LogP contribution in [-0.2, 0) is 4.79 Å². The first kappa shape index (κ1) is 15.6. The third-order valence-corrected chi connectivity index (χ3v) is 4.49. The summed E-state index contributed by atoms with van der Waals surface area (Å²) < 4.78 is 5.80. The number of nitrogens with zero attached hydrogens (tertiary/aromatic N) is 1. The highest BCUT2D eigenvalue weighted by molar-refractivity contribution is 7.12. The van der Waals surface area contributed by atoms with Gasteiger partial charge in [-0.2, -0.15) is 0 Å². The minimum Gasteiger partial charge on any atom is -0.487 e. The van der Waals surface area contributed by atoms with Gasteiger partial charge in [0, 0.05) is 0 Å². The minimum atomic E-state index is -0.223. The molecule has 1 aromatic carbocycles. The van der Waals surface area contributed by atoms with E-state index in [2.05, 4.69) is 5.32 Å². The first-order valence-electron chi connectivity index (χ1n) is 7.44. The van der Waals surface area contributed by atoms with Gasteiger partial charge in [-0.25, -0.2) is 0 Å². The maximum absolute atomic E-state index is 12.5. The second-order valence-corrected chi connectivity index (χ2v) is 6.51. The van der Waals surface area contributed by atoms with Crippen LogP contribution in [-0.4, -0.2) is 31.0 Å². The van der Waals surface area contributed by atoms with E-state index < -0.39 is 0 Å². The predicted molar refractivity (Wildman–Crippen MR) is 90.3 cm³/mol.